The first-order valence-electron chi connectivity index (χ1n) is 8.86. The van der Waals surface area contributed by atoms with Gasteiger partial charge in [0, 0.05) is 32.1 Å². The lowest BCUT2D eigenvalue weighted by atomic mass is 10.1. The number of carbonyl (C=O) groups is 1. The predicted octanol–water partition coefficient (Wildman–Crippen LogP) is 3.85. The van der Waals surface area contributed by atoms with Gasteiger partial charge in [-0.25, -0.2) is 0 Å². The van der Waals surface area contributed by atoms with Gasteiger partial charge in [0.2, 0.25) is 5.91 Å². The van der Waals surface area contributed by atoms with Crippen LogP contribution >= 0.6 is 0 Å². The zero-order valence-corrected chi connectivity index (χ0v) is 14.8. The molecular weight excluding hydrogens is 357 g/mol. The Morgan fingerprint density at radius 1 is 1.19 bits per heavy atom. The average Bonchev–Trinajstić information content (AvgIpc) is 3.15. The average molecular weight is 378 g/mol. The highest BCUT2D eigenvalue weighted by molar-refractivity contribution is 5.78. The standard InChI is InChI=1S/C20H21F3N2O2/c21-20(22,23)17-7-5-15(6-8-17)11-19(26)25(14-18-4-2-10-27-18)13-16-3-1-9-24-12-16/h1,3,5-9,12,18H,2,4,10-11,13-14H2. The van der Waals surface area contributed by atoms with Gasteiger partial charge in [0.05, 0.1) is 18.1 Å². The third-order valence-corrected chi connectivity index (χ3v) is 4.53. The number of nitrogens with zero attached hydrogens (tertiary/aromatic N) is 2. The maximum atomic E-state index is 12.8. The smallest absolute Gasteiger partial charge is 0.376 e. The molecule has 0 radical (unpaired) electrons. The minimum atomic E-state index is -4.38. The molecule has 1 aromatic carbocycles. The molecule has 144 valence electrons. The third kappa shape index (κ3) is 5.53. The molecule has 2 aromatic rings. The quantitative estimate of drug-likeness (QED) is 0.767. The number of benzene rings is 1. The molecule has 2 heterocycles. The Balaban J connectivity index is 1.69. The van der Waals surface area contributed by atoms with Crippen molar-refractivity contribution in [2.45, 2.75) is 38.1 Å². The number of rotatable bonds is 6. The maximum Gasteiger partial charge on any atom is 0.416 e. The molecule has 1 unspecified atom stereocenters. The summed E-state index contributed by atoms with van der Waals surface area (Å²) >= 11 is 0. The highest BCUT2D eigenvalue weighted by Gasteiger charge is 2.30. The molecule has 4 nitrogen and oxygen atoms in total. The van der Waals surface area contributed by atoms with Crippen LogP contribution in [0.2, 0.25) is 0 Å². The summed E-state index contributed by atoms with van der Waals surface area (Å²) in [6.07, 6.45) is 0.902. The van der Waals surface area contributed by atoms with Gasteiger partial charge in [0.25, 0.3) is 0 Å². The summed E-state index contributed by atoms with van der Waals surface area (Å²) in [6.45, 7) is 1.56. The molecule has 1 aromatic heterocycles. The number of hydrogen-bond donors (Lipinski definition) is 0. The van der Waals surface area contributed by atoms with E-state index in [1.54, 1.807) is 23.4 Å². The van der Waals surface area contributed by atoms with Crippen LogP contribution < -0.4 is 0 Å². The van der Waals surface area contributed by atoms with Gasteiger partial charge in [-0.2, -0.15) is 13.2 Å². The molecule has 0 N–H and O–H groups in total. The van der Waals surface area contributed by atoms with Gasteiger partial charge < -0.3 is 9.64 Å². The van der Waals surface area contributed by atoms with Crippen molar-refractivity contribution in [3.63, 3.8) is 0 Å². The van der Waals surface area contributed by atoms with E-state index in [0.717, 1.165) is 30.5 Å². The fourth-order valence-electron chi connectivity index (χ4n) is 3.10. The van der Waals surface area contributed by atoms with E-state index < -0.39 is 11.7 Å². The van der Waals surface area contributed by atoms with Gasteiger partial charge >= 0.3 is 6.18 Å². The van der Waals surface area contributed by atoms with Crippen LogP contribution in [0.1, 0.15) is 29.5 Å². The fourth-order valence-corrected chi connectivity index (χ4v) is 3.10. The first kappa shape index (κ1) is 19.4. The Bertz CT molecular complexity index is 742. The van der Waals surface area contributed by atoms with E-state index in [4.69, 9.17) is 4.74 Å². The molecule has 1 saturated heterocycles. The summed E-state index contributed by atoms with van der Waals surface area (Å²) in [5.74, 6) is -0.144. The molecule has 0 saturated carbocycles. The molecule has 1 amide bonds. The highest BCUT2D eigenvalue weighted by atomic mass is 19.4. The topological polar surface area (TPSA) is 42.4 Å². The SMILES string of the molecule is O=C(Cc1ccc(C(F)(F)F)cc1)N(Cc1cccnc1)CC1CCCO1. The Kier molecular flexibility index (Phi) is 6.11. The Morgan fingerprint density at radius 2 is 1.96 bits per heavy atom. The molecule has 27 heavy (non-hydrogen) atoms. The number of pyridine rings is 1. The van der Waals surface area contributed by atoms with Gasteiger partial charge in [-0.1, -0.05) is 18.2 Å². The highest BCUT2D eigenvalue weighted by Crippen LogP contribution is 2.29. The number of hydrogen-bond acceptors (Lipinski definition) is 3. The van der Waals surface area contributed by atoms with E-state index in [0.29, 0.717) is 25.3 Å². The minimum absolute atomic E-state index is 0.00164. The number of ether oxygens (including phenoxy) is 1. The molecule has 3 rings (SSSR count). The first-order valence-corrected chi connectivity index (χ1v) is 8.86. The van der Waals surface area contributed by atoms with Gasteiger partial charge in [-0.05, 0) is 42.2 Å². The molecule has 1 aliphatic rings. The molecule has 0 spiro atoms. The van der Waals surface area contributed by atoms with Crippen LogP contribution in [0.5, 0.6) is 0 Å². The van der Waals surface area contributed by atoms with E-state index in [2.05, 4.69) is 4.98 Å². The molecule has 1 aliphatic heterocycles. The summed E-state index contributed by atoms with van der Waals surface area (Å²) in [5, 5.41) is 0. The van der Waals surface area contributed by atoms with Crippen LogP contribution in [0.3, 0.4) is 0 Å². The maximum absolute atomic E-state index is 12.8. The Hall–Kier alpha value is -2.41. The summed E-state index contributed by atoms with van der Waals surface area (Å²) in [4.78, 5) is 18.6. The van der Waals surface area contributed by atoms with Crippen molar-refractivity contribution in [3.05, 3.63) is 65.5 Å². The van der Waals surface area contributed by atoms with E-state index in [-0.39, 0.29) is 18.4 Å². The van der Waals surface area contributed by atoms with Crippen molar-refractivity contribution in [3.8, 4) is 0 Å². The summed E-state index contributed by atoms with van der Waals surface area (Å²) in [5.41, 5.74) is 0.734. The van der Waals surface area contributed by atoms with Crippen LogP contribution in [0.25, 0.3) is 0 Å². The molecular formula is C20H21F3N2O2. The zero-order valence-electron chi connectivity index (χ0n) is 14.8. The van der Waals surface area contributed by atoms with Crippen molar-refractivity contribution in [1.82, 2.24) is 9.88 Å². The van der Waals surface area contributed by atoms with Crippen LogP contribution in [-0.4, -0.2) is 35.0 Å². The summed E-state index contributed by atoms with van der Waals surface area (Å²) in [6, 6.07) is 8.42. The van der Waals surface area contributed by atoms with Crippen LogP contribution in [0, 0.1) is 0 Å². The Labute approximate surface area is 156 Å². The number of alkyl halides is 3. The van der Waals surface area contributed by atoms with Gasteiger partial charge in [0.15, 0.2) is 0 Å². The molecule has 1 fully saturated rings. The molecule has 7 heteroatoms. The normalized spacial score (nSPS) is 17.1. The lowest BCUT2D eigenvalue weighted by Gasteiger charge is -2.25. The second-order valence-corrected chi connectivity index (χ2v) is 6.64. The number of amides is 1. The monoisotopic (exact) mass is 378 g/mol. The number of carbonyl (C=O) groups excluding carboxylic acids is 1. The Morgan fingerprint density at radius 3 is 2.56 bits per heavy atom. The van der Waals surface area contributed by atoms with Crippen molar-refractivity contribution < 1.29 is 22.7 Å². The molecule has 0 bridgehead atoms. The third-order valence-electron chi connectivity index (χ3n) is 4.53. The van der Waals surface area contributed by atoms with Gasteiger partial charge in [0.1, 0.15) is 0 Å². The predicted molar refractivity (Wildman–Crippen MR) is 93.8 cm³/mol. The fraction of sp³-hybridized carbons (Fsp3) is 0.400. The van der Waals surface area contributed by atoms with Crippen LogP contribution in [0.15, 0.2) is 48.8 Å². The zero-order chi connectivity index (χ0) is 19.3. The van der Waals surface area contributed by atoms with Gasteiger partial charge in [-0.3, -0.25) is 9.78 Å². The summed E-state index contributed by atoms with van der Waals surface area (Å²) in [7, 11) is 0. The second kappa shape index (κ2) is 8.52. The van der Waals surface area contributed by atoms with Crippen molar-refractivity contribution >= 4 is 5.91 Å². The van der Waals surface area contributed by atoms with Gasteiger partial charge in [-0.15, -0.1) is 0 Å². The second-order valence-electron chi connectivity index (χ2n) is 6.64. The summed E-state index contributed by atoms with van der Waals surface area (Å²) < 4.78 is 43.7. The number of halogens is 3. The molecule has 0 aliphatic carbocycles. The molecule has 1 atom stereocenters. The van der Waals surface area contributed by atoms with E-state index in [9.17, 15) is 18.0 Å². The van der Waals surface area contributed by atoms with E-state index in [1.165, 1.54) is 12.1 Å². The largest absolute Gasteiger partial charge is 0.416 e. The first-order chi connectivity index (χ1) is 12.9. The van der Waals surface area contributed by atoms with Crippen molar-refractivity contribution in [2.24, 2.45) is 0 Å². The van der Waals surface area contributed by atoms with E-state index in [1.807, 2.05) is 6.07 Å². The minimum Gasteiger partial charge on any atom is -0.376 e. The van der Waals surface area contributed by atoms with Crippen molar-refractivity contribution in [2.75, 3.05) is 13.2 Å². The lowest BCUT2D eigenvalue weighted by Crippen LogP contribution is -2.37. The lowest BCUT2D eigenvalue weighted by molar-refractivity contribution is -0.137. The number of aromatic nitrogens is 1. The van der Waals surface area contributed by atoms with Crippen LogP contribution in [-0.2, 0) is 28.7 Å². The van der Waals surface area contributed by atoms with E-state index >= 15 is 0 Å². The van der Waals surface area contributed by atoms with Crippen molar-refractivity contribution in [1.29, 1.82) is 0 Å². The van der Waals surface area contributed by atoms with Crippen LogP contribution in [0.4, 0.5) is 13.2 Å².